The lowest BCUT2D eigenvalue weighted by Crippen LogP contribution is -2.09. The Morgan fingerprint density at radius 1 is 0.538 bits per heavy atom. The van der Waals surface area contributed by atoms with E-state index in [9.17, 15) is 5.26 Å². The van der Waals surface area contributed by atoms with Gasteiger partial charge in [0.1, 0.15) is 6.07 Å². The first-order valence-electron chi connectivity index (χ1n) is 13.2. The number of aryl methyl sites for hydroxylation is 2. The van der Waals surface area contributed by atoms with Gasteiger partial charge in [0.15, 0.2) is 0 Å². The predicted molar refractivity (Wildman–Crippen MR) is 166 cm³/mol. The Labute approximate surface area is 229 Å². The van der Waals surface area contributed by atoms with Crippen LogP contribution in [0.15, 0.2) is 121 Å². The van der Waals surface area contributed by atoms with Crippen LogP contribution in [0.3, 0.4) is 0 Å². The second-order valence-electron chi connectivity index (χ2n) is 10.00. The Bertz CT molecular complexity index is 1810. The number of nitrogens with zero attached hydrogens (tertiary/aromatic N) is 2. The maximum Gasteiger partial charge on any atom is 0.100 e. The summed E-state index contributed by atoms with van der Waals surface area (Å²) in [6, 6.07) is 44.9. The topological polar surface area (TPSA) is 27.0 Å². The van der Waals surface area contributed by atoms with Crippen molar-refractivity contribution in [3.8, 4) is 6.07 Å². The van der Waals surface area contributed by atoms with E-state index in [1.807, 2.05) is 18.2 Å². The zero-order chi connectivity index (χ0) is 26.8. The summed E-state index contributed by atoms with van der Waals surface area (Å²) in [5.41, 5.74) is 8.83. The molecule has 0 aromatic heterocycles. The standard InChI is InChI=1S/C37H28N2/c1-26-7-16-32(17-8-26)39(33-18-9-27(2)10-19-33)34-20-13-28(14-21-34)11-12-29-15-22-36-31(23-29)24-30-5-3-4-6-35(30)37(36)25-38/h3-24H,1-2H3/b12-11+. The molecule has 0 saturated heterocycles. The predicted octanol–water partition coefficient (Wildman–Crippen LogP) is 10.1. The van der Waals surface area contributed by atoms with Gasteiger partial charge in [-0.3, -0.25) is 0 Å². The van der Waals surface area contributed by atoms with Crippen LogP contribution >= 0.6 is 0 Å². The van der Waals surface area contributed by atoms with Crippen molar-refractivity contribution in [1.82, 2.24) is 0 Å². The van der Waals surface area contributed by atoms with E-state index in [-0.39, 0.29) is 0 Å². The fourth-order valence-electron chi connectivity index (χ4n) is 5.08. The highest BCUT2D eigenvalue weighted by Gasteiger charge is 2.12. The number of benzene rings is 6. The van der Waals surface area contributed by atoms with E-state index in [4.69, 9.17) is 0 Å². The maximum atomic E-state index is 9.82. The second-order valence-corrected chi connectivity index (χ2v) is 10.00. The molecule has 0 fully saturated rings. The smallest absolute Gasteiger partial charge is 0.100 e. The molecule has 0 spiro atoms. The fourth-order valence-corrected chi connectivity index (χ4v) is 5.08. The summed E-state index contributed by atoms with van der Waals surface area (Å²) >= 11 is 0. The zero-order valence-corrected chi connectivity index (χ0v) is 22.1. The largest absolute Gasteiger partial charge is 0.311 e. The molecule has 0 saturated carbocycles. The Kier molecular flexibility index (Phi) is 6.41. The minimum atomic E-state index is 0.737. The molecule has 0 N–H and O–H groups in total. The number of anilines is 3. The van der Waals surface area contributed by atoms with Gasteiger partial charge < -0.3 is 4.90 Å². The van der Waals surface area contributed by atoms with Crippen LogP contribution in [-0.2, 0) is 0 Å². The molecule has 0 bridgehead atoms. The van der Waals surface area contributed by atoms with E-state index in [2.05, 4.69) is 140 Å². The van der Waals surface area contributed by atoms with Crippen molar-refractivity contribution in [2.24, 2.45) is 0 Å². The third kappa shape index (κ3) is 4.91. The van der Waals surface area contributed by atoms with E-state index in [1.54, 1.807) is 0 Å². The summed E-state index contributed by atoms with van der Waals surface area (Å²) in [6.45, 7) is 4.22. The van der Waals surface area contributed by atoms with Crippen molar-refractivity contribution in [2.75, 3.05) is 4.90 Å². The molecule has 0 aliphatic heterocycles. The average molecular weight is 501 g/mol. The van der Waals surface area contributed by atoms with E-state index in [0.29, 0.717) is 0 Å². The molecule has 2 heteroatoms. The Balaban J connectivity index is 1.31. The van der Waals surface area contributed by atoms with E-state index >= 15 is 0 Å². The van der Waals surface area contributed by atoms with E-state index < -0.39 is 0 Å². The van der Waals surface area contributed by atoms with Crippen molar-refractivity contribution >= 4 is 50.8 Å². The Hall–Kier alpha value is -5.13. The molecule has 0 aliphatic rings. The molecule has 6 aromatic carbocycles. The van der Waals surface area contributed by atoms with Crippen LogP contribution in [0.1, 0.15) is 27.8 Å². The fraction of sp³-hybridized carbons (Fsp3) is 0.0541. The molecule has 0 radical (unpaired) electrons. The molecular formula is C37H28N2. The van der Waals surface area contributed by atoms with Gasteiger partial charge in [-0.25, -0.2) is 0 Å². The van der Waals surface area contributed by atoms with Gasteiger partial charge in [-0.2, -0.15) is 5.26 Å². The van der Waals surface area contributed by atoms with Gasteiger partial charge in [-0.15, -0.1) is 0 Å². The Morgan fingerprint density at radius 2 is 1.05 bits per heavy atom. The summed E-state index contributed by atoms with van der Waals surface area (Å²) in [4.78, 5) is 2.28. The molecule has 0 aliphatic carbocycles. The number of hydrogen-bond acceptors (Lipinski definition) is 2. The van der Waals surface area contributed by atoms with Gasteiger partial charge in [-0.05, 0) is 84.3 Å². The number of nitriles is 1. The molecule has 186 valence electrons. The van der Waals surface area contributed by atoms with Crippen LogP contribution in [0.2, 0.25) is 0 Å². The van der Waals surface area contributed by atoms with Crippen LogP contribution in [-0.4, -0.2) is 0 Å². The van der Waals surface area contributed by atoms with Gasteiger partial charge in [0.2, 0.25) is 0 Å². The molecule has 6 rings (SSSR count). The number of rotatable bonds is 5. The summed E-state index contributed by atoms with van der Waals surface area (Å²) in [5, 5.41) is 14.0. The van der Waals surface area contributed by atoms with Crippen molar-refractivity contribution in [3.63, 3.8) is 0 Å². The lowest BCUT2D eigenvalue weighted by atomic mass is 9.96. The third-order valence-corrected chi connectivity index (χ3v) is 7.20. The van der Waals surface area contributed by atoms with Crippen LogP contribution in [0.5, 0.6) is 0 Å². The first-order valence-corrected chi connectivity index (χ1v) is 13.2. The van der Waals surface area contributed by atoms with E-state index in [1.165, 1.54) is 11.1 Å². The third-order valence-electron chi connectivity index (χ3n) is 7.20. The van der Waals surface area contributed by atoms with Crippen LogP contribution in [0.25, 0.3) is 33.7 Å². The normalized spacial score (nSPS) is 11.2. The monoisotopic (exact) mass is 500 g/mol. The summed E-state index contributed by atoms with van der Waals surface area (Å²) < 4.78 is 0. The second kappa shape index (κ2) is 10.3. The minimum absolute atomic E-state index is 0.737. The van der Waals surface area contributed by atoms with Crippen molar-refractivity contribution in [2.45, 2.75) is 13.8 Å². The van der Waals surface area contributed by atoms with Gasteiger partial charge in [0.05, 0.1) is 5.56 Å². The lowest BCUT2D eigenvalue weighted by molar-refractivity contribution is 1.27. The van der Waals surface area contributed by atoms with Crippen LogP contribution in [0.4, 0.5) is 17.1 Å². The minimum Gasteiger partial charge on any atom is -0.311 e. The maximum absolute atomic E-state index is 9.82. The molecule has 6 aromatic rings. The van der Waals surface area contributed by atoms with Crippen molar-refractivity contribution in [1.29, 1.82) is 5.26 Å². The highest BCUT2D eigenvalue weighted by Crippen LogP contribution is 2.35. The highest BCUT2D eigenvalue weighted by molar-refractivity contribution is 6.05. The quantitative estimate of drug-likeness (QED) is 0.174. The first-order chi connectivity index (χ1) is 19.1. The molecule has 39 heavy (non-hydrogen) atoms. The van der Waals surface area contributed by atoms with Crippen molar-refractivity contribution in [3.05, 3.63) is 149 Å². The summed E-state index contributed by atoms with van der Waals surface area (Å²) in [6.07, 6.45) is 4.27. The molecule has 0 amide bonds. The summed E-state index contributed by atoms with van der Waals surface area (Å²) in [7, 11) is 0. The number of fused-ring (bicyclic) bond motifs is 2. The van der Waals surface area contributed by atoms with E-state index in [0.717, 1.165) is 55.3 Å². The number of hydrogen-bond donors (Lipinski definition) is 0. The SMILES string of the molecule is Cc1ccc(N(c2ccc(C)cc2)c2ccc(/C=C/c3ccc4c(C#N)c5ccccc5cc4c3)cc2)cc1. The van der Waals surface area contributed by atoms with Crippen LogP contribution in [0, 0.1) is 25.2 Å². The van der Waals surface area contributed by atoms with Crippen molar-refractivity contribution < 1.29 is 0 Å². The highest BCUT2D eigenvalue weighted by atomic mass is 15.1. The summed E-state index contributed by atoms with van der Waals surface area (Å²) in [5.74, 6) is 0. The molecule has 0 heterocycles. The lowest BCUT2D eigenvalue weighted by Gasteiger charge is -2.25. The van der Waals surface area contributed by atoms with Crippen LogP contribution < -0.4 is 4.90 Å². The van der Waals surface area contributed by atoms with Gasteiger partial charge in [0, 0.05) is 27.8 Å². The van der Waals surface area contributed by atoms with Gasteiger partial charge in [0.25, 0.3) is 0 Å². The average Bonchev–Trinajstić information content (AvgIpc) is 2.97. The van der Waals surface area contributed by atoms with Gasteiger partial charge >= 0.3 is 0 Å². The zero-order valence-electron chi connectivity index (χ0n) is 22.1. The first kappa shape index (κ1) is 24.2. The molecule has 0 atom stereocenters. The van der Waals surface area contributed by atoms with Gasteiger partial charge in [-0.1, -0.05) is 96.1 Å². The molecule has 2 nitrogen and oxygen atoms in total. The molecule has 0 unspecified atom stereocenters. The molecular weight excluding hydrogens is 472 g/mol. The Morgan fingerprint density at radius 3 is 1.67 bits per heavy atom.